The highest BCUT2D eigenvalue weighted by Gasteiger charge is 2.34. The largest absolute Gasteiger partial charge is 0.484 e. The number of benzene rings is 2. The first-order valence-electron chi connectivity index (χ1n) is 9.80. The highest BCUT2D eigenvalue weighted by atomic mass is 19.4. The Morgan fingerprint density at radius 1 is 1.16 bits per heavy atom. The van der Waals surface area contributed by atoms with Crippen LogP contribution in [0.15, 0.2) is 54.7 Å². The first-order chi connectivity index (χ1) is 15.2. The third-order valence-corrected chi connectivity index (χ3v) is 4.93. The molecular weight excluding hydrogens is 425 g/mol. The highest BCUT2D eigenvalue weighted by Crippen LogP contribution is 2.43. The standard InChI is InChI=1S/C22H19F3N4O3/c23-22(24,25)14-2-1-3-16(10-14)29-20(13-4-5-13)18(11-27-29)21(31)28-15-6-8-17(9-7-15)32-12-19(26)30/h1-3,6-11,13H,4-5,12H2,(H2,26,30)(H,28,31). The number of hydrogen-bond acceptors (Lipinski definition) is 4. The molecule has 2 aromatic carbocycles. The molecule has 0 saturated heterocycles. The lowest BCUT2D eigenvalue weighted by Gasteiger charge is -2.12. The zero-order chi connectivity index (χ0) is 22.9. The smallest absolute Gasteiger partial charge is 0.416 e. The van der Waals surface area contributed by atoms with E-state index in [1.807, 2.05) is 0 Å². The molecule has 1 fully saturated rings. The van der Waals surface area contributed by atoms with Crippen molar-refractivity contribution >= 4 is 17.5 Å². The second-order valence-electron chi connectivity index (χ2n) is 7.41. The van der Waals surface area contributed by atoms with Crippen molar-refractivity contribution in [2.24, 2.45) is 5.73 Å². The molecule has 3 N–H and O–H groups in total. The molecule has 3 aromatic rings. The summed E-state index contributed by atoms with van der Waals surface area (Å²) in [6.45, 7) is -0.259. The molecule has 1 aromatic heterocycles. The van der Waals surface area contributed by atoms with Gasteiger partial charge in [-0.2, -0.15) is 18.3 Å². The maximum Gasteiger partial charge on any atom is 0.416 e. The molecule has 1 aliphatic carbocycles. The van der Waals surface area contributed by atoms with Crippen molar-refractivity contribution < 1.29 is 27.5 Å². The summed E-state index contributed by atoms with van der Waals surface area (Å²) >= 11 is 0. The third kappa shape index (κ3) is 4.74. The molecule has 1 saturated carbocycles. The minimum absolute atomic E-state index is 0.0531. The number of carbonyl (C=O) groups excluding carboxylic acids is 2. The van der Waals surface area contributed by atoms with Gasteiger partial charge >= 0.3 is 6.18 Å². The van der Waals surface area contributed by atoms with E-state index in [0.717, 1.165) is 25.0 Å². The van der Waals surface area contributed by atoms with Crippen LogP contribution in [0.3, 0.4) is 0 Å². The van der Waals surface area contributed by atoms with Gasteiger partial charge in [0.2, 0.25) is 0 Å². The molecule has 1 aliphatic rings. The minimum Gasteiger partial charge on any atom is -0.484 e. The molecule has 2 amide bonds. The summed E-state index contributed by atoms with van der Waals surface area (Å²) in [5.74, 6) is -0.557. The molecule has 166 valence electrons. The molecule has 0 spiro atoms. The van der Waals surface area contributed by atoms with Crippen LogP contribution in [-0.2, 0) is 11.0 Å². The predicted octanol–water partition coefficient (Wildman–Crippen LogP) is 3.88. The number of aromatic nitrogens is 2. The van der Waals surface area contributed by atoms with Crippen LogP contribution in [0.2, 0.25) is 0 Å². The van der Waals surface area contributed by atoms with Gasteiger partial charge in [0.15, 0.2) is 6.61 Å². The van der Waals surface area contributed by atoms with E-state index in [9.17, 15) is 22.8 Å². The van der Waals surface area contributed by atoms with Crippen LogP contribution < -0.4 is 15.8 Å². The first-order valence-corrected chi connectivity index (χ1v) is 9.80. The number of alkyl halides is 3. The Morgan fingerprint density at radius 2 is 1.88 bits per heavy atom. The zero-order valence-corrected chi connectivity index (χ0v) is 16.7. The molecule has 0 aliphatic heterocycles. The average Bonchev–Trinajstić information content (AvgIpc) is 3.50. The lowest BCUT2D eigenvalue weighted by Crippen LogP contribution is -2.20. The molecule has 7 nitrogen and oxygen atoms in total. The molecule has 0 unspecified atom stereocenters. The Kier molecular flexibility index (Phi) is 5.60. The van der Waals surface area contributed by atoms with Crippen LogP contribution >= 0.6 is 0 Å². The van der Waals surface area contributed by atoms with E-state index in [4.69, 9.17) is 10.5 Å². The van der Waals surface area contributed by atoms with Crippen molar-refractivity contribution in [3.8, 4) is 11.4 Å². The minimum atomic E-state index is -4.48. The number of carbonyl (C=O) groups is 2. The zero-order valence-electron chi connectivity index (χ0n) is 16.7. The monoisotopic (exact) mass is 444 g/mol. The second-order valence-corrected chi connectivity index (χ2v) is 7.41. The number of halogens is 3. The van der Waals surface area contributed by atoms with Crippen LogP contribution in [0.1, 0.15) is 40.4 Å². The Hall–Kier alpha value is -3.82. The van der Waals surface area contributed by atoms with E-state index in [1.54, 1.807) is 24.3 Å². The van der Waals surface area contributed by atoms with Crippen molar-refractivity contribution in [2.75, 3.05) is 11.9 Å². The number of rotatable bonds is 7. The summed E-state index contributed by atoms with van der Waals surface area (Å²) < 4.78 is 45.9. The topological polar surface area (TPSA) is 99.2 Å². The SMILES string of the molecule is NC(=O)COc1ccc(NC(=O)c2cnn(-c3cccc(C(F)(F)F)c3)c2C2CC2)cc1. The molecule has 10 heteroatoms. The van der Waals surface area contributed by atoms with Crippen LogP contribution in [0.4, 0.5) is 18.9 Å². The number of nitrogens with zero attached hydrogens (tertiary/aromatic N) is 2. The van der Waals surface area contributed by atoms with Gasteiger partial charge in [0.05, 0.1) is 28.7 Å². The predicted molar refractivity (Wildman–Crippen MR) is 110 cm³/mol. The Balaban J connectivity index is 1.57. The number of ether oxygens (including phenoxy) is 1. The van der Waals surface area contributed by atoms with Crippen molar-refractivity contribution in [2.45, 2.75) is 24.9 Å². The summed E-state index contributed by atoms with van der Waals surface area (Å²) in [5, 5.41) is 6.97. The maximum absolute atomic E-state index is 13.1. The van der Waals surface area contributed by atoms with E-state index in [-0.39, 0.29) is 18.2 Å². The van der Waals surface area contributed by atoms with Gasteiger partial charge in [-0.25, -0.2) is 4.68 Å². The molecule has 4 rings (SSSR count). The quantitative estimate of drug-likeness (QED) is 0.578. The highest BCUT2D eigenvalue weighted by molar-refractivity contribution is 6.05. The molecular formula is C22H19F3N4O3. The van der Waals surface area contributed by atoms with Crippen molar-refractivity contribution in [1.82, 2.24) is 9.78 Å². The van der Waals surface area contributed by atoms with Gasteiger partial charge in [0, 0.05) is 11.6 Å². The second kappa shape index (κ2) is 8.37. The van der Waals surface area contributed by atoms with Crippen molar-refractivity contribution in [3.63, 3.8) is 0 Å². The Labute approximate surface area is 181 Å². The number of amides is 2. The molecule has 0 atom stereocenters. The van der Waals surface area contributed by atoms with Gasteiger partial charge in [-0.15, -0.1) is 0 Å². The first kappa shape index (κ1) is 21.4. The van der Waals surface area contributed by atoms with Gasteiger partial charge in [-0.05, 0) is 55.3 Å². The summed E-state index contributed by atoms with van der Waals surface area (Å²) in [6, 6.07) is 11.2. The number of anilines is 1. The van der Waals surface area contributed by atoms with E-state index in [1.165, 1.54) is 23.0 Å². The molecule has 1 heterocycles. The van der Waals surface area contributed by atoms with Crippen LogP contribution in [0.25, 0.3) is 5.69 Å². The third-order valence-electron chi connectivity index (χ3n) is 4.93. The Morgan fingerprint density at radius 3 is 2.50 bits per heavy atom. The lowest BCUT2D eigenvalue weighted by molar-refractivity contribution is -0.137. The number of hydrogen-bond donors (Lipinski definition) is 2. The normalized spacial score (nSPS) is 13.6. The average molecular weight is 444 g/mol. The lowest BCUT2D eigenvalue weighted by atomic mass is 10.1. The van der Waals surface area contributed by atoms with E-state index >= 15 is 0 Å². The summed E-state index contributed by atoms with van der Waals surface area (Å²) in [4.78, 5) is 23.7. The number of nitrogens with one attached hydrogen (secondary N) is 1. The van der Waals surface area contributed by atoms with Gasteiger partial charge < -0.3 is 15.8 Å². The maximum atomic E-state index is 13.1. The van der Waals surface area contributed by atoms with Gasteiger partial charge in [0.1, 0.15) is 5.75 Å². The molecule has 0 bridgehead atoms. The van der Waals surface area contributed by atoms with Crippen LogP contribution in [-0.4, -0.2) is 28.2 Å². The van der Waals surface area contributed by atoms with Gasteiger partial charge in [-0.1, -0.05) is 6.07 Å². The van der Waals surface area contributed by atoms with Crippen molar-refractivity contribution in [1.29, 1.82) is 0 Å². The molecule has 0 radical (unpaired) electrons. The van der Waals surface area contributed by atoms with E-state index in [2.05, 4.69) is 10.4 Å². The van der Waals surface area contributed by atoms with Crippen molar-refractivity contribution in [3.05, 3.63) is 71.5 Å². The summed E-state index contributed by atoms with van der Waals surface area (Å²) in [7, 11) is 0. The summed E-state index contributed by atoms with van der Waals surface area (Å²) in [6.07, 6.45) is -1.45. The Bertz CT molecular complexity index is 1150. The number of primary amides is 1. The van der Waals surface area contributed by atoms with E-state index in [0.29, 0.717) is 22.7 Å². The van der Waals surface area contributed by atoms with E-state index < -0.39 is 23.6 Å². The fraction of sp³-hybridized carbons (Fsp3) is 0.227. The van der Waals surface area contributed by atoms with Crippen LogP contribution in [0, 0.1) is 0 Å². The van der Waals surface area contributed by atoms with Gasteiger partial charge in [0.25, 0.3) is 11.8 Å². The van der Waals surface area contributed by atoms with Gasteiger partial charge in [-0.3, -0.25) is 9.59 Å². The summed E-state index contributed by atoms with van der Waals surface area (Å²) in [5.41, 5.74) is 5.87. The number of nitrogens with two attached hydrogens (primary N) is 1. The fourth-order valence-electron chi connectivity index (χ4n) is 3.29. The fourth-order valence-corrected chi connectivity index (χ4v) is 3.29. The molecule has 32 heavy (non-hydrogen) atoms. The van der Waals surface area contributed by atoms with Crippen LogP contribution in [0.5, 0.6) is 5.75 Å².